The van der Waals surface area contributed by atoms with Gasteiger partial charge in [0.15, 0.2) is 0 Å². The van der Waals surface area contributed by atoms with Gasteiger partial charge < -0.3 is 20.3 Å². The van der Waals surface area contributed by atoms with Gasteiger partial charge in [-0.15, -0.1) is 0 Å². The van der Waals surface area contributed by atoms with Crippen molar-refractivity contribution in [2.75, 3.05) is 25.0 Å². The number of nitrogens with zero attached hydrogens (tertiary/aromatic N) is 1. The Balaban J connectivity index is 1.77. The van der Waals surface area contributed by atoms with Gasteiger partial charge in [-0.2, -0.15) is 0 Å². The van der Waals surface area contributed by atoms with Gasteiger partial charge >= 0.3 is 12.0 Å². The fraction of sp³-hybridized carbons (Fsp3) is 0.526. The first kappa shape index (κ1) is 19.8. The van der Waals surface area contributed by atoms with Crippen LogP contribution >= 0.6 is 0 Å². The molecule has 26 heavy (non-hydrogen) atoms. The van der Waals surface area contributed by atoms with Gasteiger partial charge in [-0.1, -0.05) is 18.2 Å². The standard InChI is InChI=1S/C19H27N3O4/c1-14(2)26-17(23)10-11-20-18(24)15-7-6-12-22(13-15)19(25)21-16-8-4-3-5-9-16/h3-5,8-9,14-15H,6-7,10-13H2,1-2H3,(H,20,24)(H,21,25). The van der Waals surface area contributed by atoms with Crippen LogP contribution < -0.4 is 10.6 Å². The zero-order chi connectivity index (χ0) is 18.9. The molecule has 1 aromatic carbocycles. The van der Waals surface area contributed by atoms with Crippen molar-refractivity contribution in [2.24, 2.45) is 5.92 Å². The summed E-state index contributed by atoms with van der Waals surface area (Å²) in [5.41, 5.74) is 0.729. The molecule has 2 rings (SSSR count). The molecule has 0 aromatic heterocycles. The maximum Gasteiger partial charge on any atom is 0.321 e. The molecule has 2 N–H and O–H groups in total. The number of rotatable bonds is 6. The Bertz CT molecular complexity index is 618. The van der Waals surface area contributed by atoms with Crippen molar-refractivity contribution >= 4 is 23.6 Å². The second-order valence-electron chi connectivity index (χ2n) is 6.66. The summed E-state index contributed by atoms with van der Waals surface area (Å²) in [7, 11) is 0. The summed E-state index contributed by atoms with van der Waals surface area (Å²) >= 11 is 0. The summed E-state index contributed by atoms with van der Waals surface area (Å²) in [6.07, 6.45) is 1.50. The highest BCUT2D eigenvalue weighted by Gasteiger charge is 2.28. The van der Waals surface area contributed by atoms with Crippen LogP contribution in [-0.2, 0) is 14.3 Å². The molecule has 7 heteroatoms. The van der Waals surface area contributed by atoms with Crippen molar-refractivity contribution in [3.05, 3.63) is 30.3 Å². The molecule has 0 spiro atoms. The van der Waals surface area contributed by atoms with Crippen molar-refractivity contribution < 1.29 is 19.1 Å². The summed E-state index contributed by atoms with van der Waals surface area (Å²) in [6, 6.07) is 9.03. The predicted molar refractivity (Wildman–Crippen MR) is 98.6 cm³/mol. The summed E-state index contributed by atoms with van der Waals surface area (Å²) in [6.45, 7) is 4.82. The second kappa shape index (κ2) is 9.79. The Hall–Kier alpha value is -2.57. The molecule has 0 bridgehead atoms. The lowest BCUT2D eigenvalue weighted by molar-refractivity contribution is -0.147. The van der Waals surface area contributed by atoms with E-state index in [1.165, 1.54) is 0 Å². The van der Waals surface area contributed by atoms with E-state index in [0.717, 1.165) is 18.5 Å². The van der Waals surface area contributed by atoms with Gasteiger partial charge in [0.1, 0.15) is 0 Å². The van der Waals surface area contributed by atoms with Gasteiger partial charge in [0.2, 0.25) is 5.91 Å². The van der Waals surface area contributed by atoms with Crippen molar-refractivity contribution in [1.29, 1.82) is 0 Å². The van der Waals surface area contributed by atoms with E-state index in [1.54, 1.807) is 18.7 Å². The number of urea groups is 1. The molecule has 0 saturated carbocycles. The van der Waals surface area contributed by atoms with Crippen molar-refractivity contribution in [1.82, 2.24) is 10.2 Å². The average molecular weight is 361 g/mol. The molecule has 0 radical (unpaired) electrons. The number of ether oxygens (including phenoxy) is 1. The van der Waals surface area contributed by atoms with E-state index in [2.05, 4.69) is 10.6 Å². The molecule has 1 heterocycles. The molecule has 142 valence electrons. The minimum Gasteiger partial charge on any atom is -0.463 e. The van der Waals surface area contributed by atoms with Crippen molar-refractivity contribution in [3.8, 4) is 0 Å². The first-order chi connectivity index (χ1) is 12.5. The molecule has 1 saturated heterocycles. The van der Waals surface area contributed by atoms with Crippen LogP contribution in [0.15, 0.2) is 30.3 Å². The molecular weight excluding hydrogens is 334 g/mol. The molecule has 0 aliphatic carbocycles. The molecular formula is C19H27N3O4. The second-order valence-corrected chi connectivity index (χ2v) is 6.66. The number of anilines is 1. The Morgan fingerprint density at radius 2 is 1.96 bits per heavy atom. The molecule has 1 aliphatic heterocycles. The number of carbonyl (C=O) groups is 3. The lowest BCUT2D eigenvalue weighted by atomic mass is 9.97. The topological polar surface area (TPSA) is 87.7 Å². The fourth-order valence-corrected chi connectivity index (χ4v) is 2.85. The van der Waals surface area contributed by atoms with E-state index in [9.17, 15) is 14.4 Å². The fourth-order valence-electron chi connectivity index (χ4n) is 2.85. The van der Waals surface area contributed by atoms with Gasteiger partial charge in [0.05, 0.1) is 18.4 Å². The Morgan fingerprint density at radius 3 is 2.65 bits per heavy atom. The number of likely N-dealkylation sites (tertiary alicyclic amines) is 1. The average Bonchev–Trinajstić information content (AvgIpc) is 2.62. The number of piperidine rings is 1. The van der Waals surface area contributed by atoms with Gasteiger partial charge in [-0.05, 0) is 38.8 Å². The van der Waals surface area contributed by atoms with Crippen LogP contribution in [0.3, 0.4) is 0 Å². The van der Waals surface area contributed by atoms with Crippen LogP contribution in [0.25, 0.3) is 0 Å². The van der Waals surface area contributed by atoms with Crippen LogP contribution in [0.5, 0.6) is 0 Å². The summed E-state index contributed by atoms with van der Waals surface area (Å²) in [5, 5.41) is 5.61. The summed E-state index contributed by atoms with van der Waals surface area (Å²) in [4.78, 5) is 37.8. The first-order valence-corrected chi connectivity index (χ1v) is 9.04. The third kappa shape index (κ3) is 6.38. The highest BCUT2D eigenvalue weighted by molar-refractivity contribution is 5.90. The van der Waals surface area contributed by atoms with Gasteiger partial charge in [-0.3, -0.25) is 9.59 Å². The van der Waals surface area contributed by atoms with E-state index in [0.29, 0.717) is 13.1 Å². The quantitative estimate of drug-likeness (QED) is 0.762. The predicted octanol–water partition coefficient (Wildman–Crippen LogP) is 2.39. The third-order valence-corrected chi connectivity index (χ3v) is 4.10. The number of hydrogen-bond donors (Lipinski definition) is 2. The zero-order valence-electron chi connectivity index (χ0n) is 15.4. The molecule has 1 aromatic rings. The van der Waals surface area contributed by atoms with Gasteiger partial charge in [0.25, 0.3) is 0 Å². The van der Waals surface area contributed by atoms with E-state index >= 15 is 0 Å². The van der Waals surface area contributed by atoms with Crippen LogP contribution in [0.2, 0.25) is 0 Å². The number of para-hydroxylation sites is 1. The normalized spacial score (nSPS) is 16.9. The molecule has 3 amide bonds. The van der Waals surface area contributed by atoms with Crippen molar-refractivity contribution in [2.45, 2.75) is 39.2 Å². The number of amides is 3. The van der Waals surface area contributed by atoms with Crippen LogP contribution in [0.1, 0.15) is 33.1 Å². The SMILES string of the molecule is CC(C)OC(=O)CCNC(=O)C1CCCN(C(=O)Nc2ccccc2)C1. The highest BCUT2D eigenvalue weighted by Crippen LogP contribution is 2.18. The maximum absolute atomic E-state index is 12.4. The Morgan fingerprint density at radius 1 is 1.23 bits per heavy atom. The van der Waals surface area contributed by atoms with Gasteiger partial charge in [0, 0.05) is 25.3 Å². The van der Waals surface area contributed by atoms with Crippen LogP contribution in [0.4, 0.5) is 10.5 Å². The van der Waals surface area contributed by atoms with E-state index in [-0.39, 0.29) is 42.9 Å². The molecule has 1 fully saturated rings. The minimum absolute atomic E-state index is 0.125. The highest BCUT2D eigenvalue weighted by atomic mass is 16.5. The van der Waals surface area contributed by atoms with E-state index in [1.807, 2.05) is 30.3 Å². The van der Waals surface area contributed by atoms with E-state index < -0.39 is 0 Å². The zero-order valence-corrected chi connectivity index (χ0v) is 15.4. The number of carbonyl (C=O) groups excluding carboxylic acids is 3. The van der Waals surface area contributed by atoms with Crippen LogP contribution in [0, 0.1) is 5.92 Å². The van der Waals surface area contributed by atoms with Crippen LogP contribution in [-0.4, -0.2) is 48.5 Å². The lowest BCUT2D eigenvalue weighted by Crippen LogP contribution is -2.47. The summed E-state index contributed by atoms with van der Waals surface area (Å²) < 4.78 is 5.03. The van der Waals surface area contributed by atoms with Gasteiger partial charge in [-0.25, -0.2) is 4.79 Å². The Kier molecular flexibility index (Phi) is 7.44. The third-order valence-electron chi connectivity index (χ3n) is 4.10. The van der Waals surface area contributed by atoms with E-state index in [4.69, 9.17) is 4.74 Å². The molecule has 1 unspecified atom stereocenters. The number of nitrogens with one attached hydrogen (secondary N) is 2. The summed E-state index contributed by atoms with van der Waals surface area (Å²) in [5.74, 6) is -0.709. The minimum atomic E-state index is -0.326. The molecule has 1 atom stereocenters. The molecule has 1 aliphatic rings. The smallest absolute Gasteiger partial charge is 0.321 e. The largest absolute Gasteiger partial charge is 0.463 e. The Labute approximate surface area is 154 Å². The monoisotopic (exact) mass is 361 g/mol. The lowest BCUT2D eigenvalue weighted by Gasteiger charge is -2.32. The number of esters is 1. The first-order valence-electron chi connectivity index (χ1n) is 9.04. The maximum atomic E-state index is 12.4. The number of hydrogen-bond acceptors (Lipinski definition) is 4. The number of benzene rings is 1. The molecule has 7 nitrogen and oxygen atoms in total. The van der Waals surface area contributed by atoms with Crippen molar-refractivity contribution in [3.63, 3.8) is 0 Å².